The molecule has 2 aromatic carbocycles. The number of sulfonamides is 1. The van der Waals surface area contributed by atoms with Gasteiger partial charge in [0.2, 0.25) is 0 Å². The van der Waals surface area contributed by atoms with Crippen LogP contribution in [0, 0.1) is 5.92 Å². The van der Waals surface area contributed by atoms with Crippen molar-refractivity contribution in [3.05, 3.63) is 53.6 Å². The van der Waals surface area contributed by atoms with Gasteiger partial charge in [-0.3, -0.25) is 10.0 Å². The molecule has 1 N–H and O–H groups in total. The summed E-state index contributed by atoms with van der Waals surface area (Å²) < 4.78 is 113. The van der Waals surface area contributed by atoms with E-state index in [0.29, 0.717) is 12.1 Å². The zero-order valence-corrected chi connectivity index (χ0v) is 17.9. The van der Waals surface area contributed by atoms with Crippen LogP contribution >= 0.6 is 0 Å². The standard InChI is InChI=1S/C20H17F6NO6S/c21-19(22,23)13-9-14(20(24,25)26)11-16(10-13)33-15-1-3-17(4-2-15)34(30,31)27(29)18(28)12-5-7-32-8-6-12/h1-4,9-12,29H,5-8H2. The zero-order valence-electron chi connectivity index (χ0n) is 17.1. The van der Waals surface area contributed by atoms with Crippen LogP contribution in [0.2, 0.25) is 0 Å². The number of nitrogens with zero attached hydrogens (tertiary/aromatic N) is 1. The lowest BCUT2D eigenvalue weighted by Gasteiger charge is -2.24. The Morgan fingerprint density at radius 2 is 1.41 bits per heavy atom. The minimum absolute atomic E-state index is 0.0617. The van der Waals surface area contributed by atoms with E-state index in [-0.39, 0.29) is 42.3 Å². The van der Waals surface area contributed by atoms with Crippen LogP contribution in [0.3, 0.4) is 0 Å². The van der Waals surface area contributed by atoms with E-state index in [0.717, 1.165) is 24.3 Å². The van der Waals surface area contributed by atoms with Crippen molar-refractivity contribution in [2.45, 2.75) is 30.1 Å². The number of halogens is 6. The lowest BCUT2D eigenvalue weighted by atomic mass is 10.00. The normalized spacial score (nSPS) is 15.7. The summed E-state index contributed by atoms with van der Waals surface area (Å²) in [6.07, 6.45) is -9.71. The molecule has 0 atom stereocenters. The van der Waals surface area contributed by atoms with Gasteiger partial charge in [0.05, 0.1) is 16.0 Å². The largest absolute Gasteiger partial charge is 0.457 e. The molecule has 0 radical (unpaired) electrons. The van der Waals surface area contributed by atoms with Gasteiger partial charge in [-0.1, -0.05) is 0 Å². The summed E-state index contributed by atoms with van der Waals surface area (Å²) in [5.74, 6) is -2.88. The van der Waals surface area contributed by atoms with E-state index in [4.69, 9.17) is 9.47 Å². The first kappa shape index (κ1) is 25.8. The number of hydrogen-bond acceptors (Lipinski definition) is 6. The number of ether oxygens (including phenoxy) is 2. The van der Waals surface area contributed by atoms with Crippen molar-refractivity contribution in [1.29, 1.82) is 0 Å². The van der Waals surface area contributed by atoms with Gasteiger partial charge in [-0.15, -0.1) is 4.47 Å². The Hall–Kier alpha value is -2.84. The molecule has 1 saturated heterocycles. The summed E-state index contributed by atoms with van der Waals surface area (Å²) in [4.78, 5) is 11.7. The Labute approximate surface area is 189 Å². The number of benzene rings is 2. The maximum atomic E-state index is 13.0. The maximum absolute atomic E-state index is 13.0. The van der Waals surface area contributed by atoms with Crippen LogP contribution in [-0.4, -0.2) is 37.2 Å². The molecule has 0 bridgehead atoms. The predicted octanol–water partition coefficient (Wildman–Crippen LogP) is 4.85. The fourth-order valence-electron chi connectivity index (χ4n) is 3.12. The number of hydrogen-bond donors (Lipinski definition) is 1. The summed E-state index contributed by atoms with van der Waals surface area (Å²) in [5.41, 5.74) is -3.17. The van der Waals surface area contributed by atoms with E-state index in [1.165, 1.54) is 0 Å². The molecule has 1 fully saturated rings. The number of amides is 1. The number of carbonyl (C=O) groups is 1. The molecular weight excluding hydrogens is 496 g/mol. The Balaban J connectivity index is 1.82. The first-order valence-electron chi connectivity index (χ1n) is 9.63. The van der Waals surface area contributed by atoms with Gasteiger partial charge in [0.1, 0.15) is 11.5 Å². The lowest BCUT2D eigenvalue weighted by Crippen LogP contribution is -2.40. The van der Waals surface area contributed by atoms with Crippen LogP contribution in [0.1, 0.15) is 24.0 Å². The Morgan fingerprint density at radius 3 is 1.88 bits per heavy atom. The first-order valence-corrected chi connectivity index (χ1v) is 11.1. The fraction of sp³-hybridized carbons (Fsp3) is 0.350. The van der Waals surface area contributed by atoms with E-state index in [1.54, 1.807) is 0 Å². The molecule has 0 aromatic heterocycles. The number of rotatable bonds is 5. The van der Waals surface area contributed by atoms with Crippen LogP contribution in [0.15, 0.2) is 47.4 Å². The highest BCUT2D eigenvalue weighted by Crippen LogP contribution is 2.39. The summed E-state index contributed by atoms with van der Waals surface area (Å²) in [7, 11) is -4.68. The van der Waals surface area contributed by atoms with Crippen LogP contribution in [0.4, 0.5) is 26.3 Å². The molecule has 0 saturated carbocycles. The molecule has 7 nitrogen and oxygen atoms in total. The third-order valence-electron chi connectivity index (χ3n) is 4.91. The van der Waals surface area contributed by atoms with Crippen LogP contribution in [0.25, 0.3) is 0 Å². The van der Waals surface area contributed by atoms with E-state index in [2.05, 4.69) is 0 Å². The van der Waals surface area contributed by atoms with Crippen molar-refractivity contribution < 1.29 is 54.2 Å². The number of carbonyl (C=O) groups excluding carboxylic acids is 1. The van der Waals surface area contributed by atoms with E-state index in [1.807, 2.05) is 0 Å². The second-order valence-electron chi connectivity index (χ2n) is 7.29. The van der Waals surface area contributed by atoms with Gasteiger partial charge in [0.15, 0.2) is 0 Å². The van der Waals surface area contributed by atoms with Crippen LogP contribution < -0.4 is 4.74 Å². The molecule has 1 amide bonds. The first-order chi connectivity index (χ1) is 15.7. The summed E-state index contributed by atoms with van der Waals surface area (Å²) in [6.45, 7) is 0.448. The molecule has 0 unspecified atom stereocenters. The predicted molar refractivity (Wildman–Crippen MR) is 102 cm³/mol. The molecule has 14 heteroatoms. The molecule has 3 rings (SSSR count). The van der Waals surface area contributed by atoms with Crippen molar-refractivity contribution >= 4 is 15.9 Å². The monoisotopic (exact) mass is 513 g/mol. The topological polar surface area (TPSA) is 93.1 Å². The smallest absolute Gasteiger partial charge is 0.416 e. The van der Waals surface area contributed by atoms with Crippen molar-refractivity contribution in [1.82, 2.24) is 4.47 Å². The van der Waals surface area contributed by atoms with Gasteiger partial charge in [-0.05, 0) is 55.3 Å². The van der Waals surface area contributed by atoms with Crippen LogP contribution in [-0.2, 0) is 31.9 Å². The maximum Gasteiger partial charge on any atom is 0.416 e. The molecule has 34 heavy (non-hydrogen) atoms. The van der Waals surface area contributed by atoms with Crippen molar-refractivity contribution in [2.24, 2.45) is 5.92 Å². The average Bonchev–Trinajstić information content (AvgIpc) is 2.77. The zero-order chi connectivity index (χ0) is 25.3. The molecular formula is C20H17F6NO6S. The Kier molecular flexibility index (Phi) is 7.15. The second kappa shape index (κ2) is 9.43. The van der Waals surface area contributed by atoms with Gasteiger partial charge in [0, 0.05) is 19.1 Å². The third-order valence-corrected chi connectivity index (χ3v) is 6.41. The minimum atomic E-state index is -5.07. The molecule has 1 heterocycles. The van der Waals surface area contributed by atoms with Gasteiger partial charge in [0.25, 0.3) is 15.9 Å². The van der Waals surface area contributed by atoms with Gasteiger partial charge in [-0.2, -0.15) is 34.8 Å². The van der Waals surface area contributed by atoms with Gasteiger partial charge < -0.3 is 9.47 Å². The summed E-state index contributed by atoms with van der Waals surface area (Å²) in [6, 6.07) is 4.32. The Bertz CT molecular complexity index is 1110. The van der Waals surface area contributed by atoms with Crippen molar-refractivity contribution in [3.8, 4) is 11.5 Å². The van der Waals surface area contributed by atoms with Gasteiger partial charge >= 0.3 is 12.4 Å². The Morgan fingerprint density at radius 1 is 0.912 bits per heavy atom. The van der Waals surface area contributed by atoms with E-state index in [9.17, 15) is 44.8 Å². The molecule has 2 aromatic rings. The quantitative estimate of drug-likeness (QED) is 0.349. The second-order valence-corrected chi connectivity index (χ2v) is 9.06. The number of hydroxylamine groups is 1. The number of alkyl halides is 6. The lowest BCUT2D eigenvalue weighted by molar-refractivity contribution is -0.153. The van der Waals surface area contributed by atoms with Crippen molar-refractivity contribution in [2.75, 3.05) is 13.2 Å². The highest BCUT2D eigenvalue weighted by atomic mass is 32.2. The van der Waals surface area contributed by atoms with E-state index < -0.39 is 56.0 Å². The highest BCUT2D eigenvalue weighted by Gasteiger charge is 2.37. The molecule has 0 spiro atoms. The molecule has 186 valence electrons. The summed E-state index contributed by atoms with van der Waals surface area (Å²) in [5, 5.41) is 9.98. The molecule has 0 aliphatic carbocycles. The van der Waals surface area contributed by atoms with Crippen LogP contribution in [0.5, 0.6) is 11.5 Å². The fourth-order valence-corrected chi connectivity index (χ4v) is 4.19. The third kappa shape index (κ3) is 5.80. The minimum Gasteiger partial charge on any atom is -0.457 e. The van der Waals surface area contributed by atoms with E-state index >= 15 is 0 Å². The van der Waals surface area contributed by atoms with Gasteiger partial charge in [-0.25, -0.2) is 0 Å². The van der Waals surface area contributed by atoms with Crippen molar-refractivity contribution in [3.63, 3.8) is 0 Å². The highest BCUT2D eigenvalue weighted by molar-refractivity contribution is 7.89. The summed E-state index contributed by atoms with van der Waals surface area (Å²) >= 11 is 0. The molecule has 1 aliphatic rings. The molecule has 1 aliphatic heterocycles. The SMILES string of the molecule is O=C(C1CCOCC1)N(O)S(=O)(=O)c1ccc(Oc2cc(C(F)(F)F)cc(C(F)(F)F)c2)cc1. The average molecular weight is 513 g/mol.